The molecule has 4 nitrogen and oxygen atoms in total. The number of hydrogen-bond donors (Lipinski definition) is 1. The second kappa shape index (κ2) is 6.76. The Balaban J connectivity index is 1.62. The van der Waals surface area contributed by atoms with Gasteiger partial charge in [0.1, 0.15) is 5.82 Å². The maximum atomic E-state index is 12.8. The molecular formula is C17H15FN4. The average Bonchev–Trinajstić information content (AvgIpc) is 2.58. The molecule has 2 heterocycles. The summed E-state index contributed by atoms with van der Waals surface area (Å²) in [6.45, 7) is 0.683. The summed E-state index contributed by atoms with van der Waals surface area (Å²) >= 11 is 0. The van der Waals surface area contributed by atoms with Crippen LogP contribution >= 0.6 is 0 Å². The number of hydrogen-bond acceptors (Lipinski definition) is 4. The van der Waals surface area contributed by atoms with Crippen molar-refractivity contribution in [3.63, 3.8) is 0 Å². The van der Waals surface area contributed by atoms with E-state index < -0.39 is 0 Å². The lowest BCUT2D eigenvalue weighted by Gasteiger charge is -2.06. The summed E-state index contributed by atoms with van der Waals surface area (Å²) < 4.78 is 12.8. The molecule has 1 N–H and O–H groups in total. The quantitative estimate of drug-likeness (QED) is 0.784. The van der Waals surface area contributed by atoms with Gasteiger partial charge in [-0.3, -0.25) is 4.98 Å². The Kier molecular flexibility index (Phi) is 4.34. The van der Waals surface area contributed by atoms with E-state index in [1.807, 2.05) is 18.2 Å². The zero-order valence-corrected chi connectivity index (χ0v) is 11.9. The monoisotopic (exact) mass is 294 g/mol. The predicted octanol–water partition coefficient (Wildman–Crippen LogP) is 3.33. The van der Waals surface area contributed by atoms with E-state index in [0.717, 1.165) is 23.2 Å². The van der Waals surface area contributed by atoms with Crippen molar-refractivity contribution in [2.75, 3.05) is 11.9 Å². The van der Waals surface area contributed by atoms with Crippen molar-refractivity contribution in [3.05, 3.63) is 72.4 Å². The Morgan fingerprint density at radius 2 is 1.86 bits per heavy atom. The number of anilines is 1. The largest absolute Gasteiger partial charge is 0.354 e. The molecule has 0 saturated heterocycles. The van der Waals surface area contributed by atoms with Gasteiger partial charge in [0.15, 0.2) is 0 Å². The zero-order valence-electron chi connectivity index (χ0n) is 11.9. The third kappa shape index (κ3) is 3.63. The minimum Gasteiger partial charge on any atom is -0.354 e. The van der Waals surface area contributed by atoms with Crippen molar-refractivity contribution in [3.8, 4) is 11.3 Å². The van der Waals surface area contributed by atoms with Crippen molar-refractivity contribution in [2.45, 2.75) is 6.42 Å². The van der Waals surface area contributed by atoms with E-state index in [4.69, 9.17) is 0 Å². The van der Waals surface area contributed by atoms with Crippen LogP contribution in [0, 0.1) is 5.82 Å². The molecule has 0 unspecified atom stereocenters. The lowest BCUT2D eigenvalue weighted by molar-refractivity contribution is 0.627. The molecule has 0 fully saturated rings. The van der Waals surface area contributed by atoms with E-state index >= 15 is 0 Å². The summed E-state index contributed by atoms with van der Waals surface area (Å²) in [6, 6.07) is 12.2. The molecule has 0 spiro atoms. The fraction of sp³-hybridized carbons (Fsp3) is 0.118. The highest BCUT2D eigenvalue weighted by Gasteiger charge is 2.02. The van der Waals surface area contributed by atoms with Crippen LogP contribution in [0.4, 0.5) is 10.3 Å². The summed E-state index contributed by atoms with van der Waals surface area (Å²) in [6.07, 6.45) is 5.99. The minimum absolute atomic E-state index is 0.218. The van der Waals surface area contributed by atoms with Gasteiger partial charge in [0.05, 0.1) is 5.69 Å². The van der Waals surface area contributed by atoms with Crippen LogP contribution in [0.5, 0.6) is 0 Å². The molecule has 0 aliphatic carbocycles. The maximum absolute atomic E-state index is 12.8. The molecule has 2 aromatic heterocycles. The number of halogens is 1. The van der Waals surface area contributed by atoms with Crippen molar-refractivity contribution in [1.82, 2.24) is 15.0 Å². The van der Waals surface area contributed by atoms with Crippen LogP contribution in [0.15, 0.2) is 61.1 Å². The third-order valence-electron chi connectivity index (χ3n) is 3.22. The fourth-order valence-electron chi connectivity index (χ4n) is 2.09. The van der Waals surface area contributed by atoms with Gasteiger partial charge in [-0.25, -0.2) is 14.4 Å². The van der Waals surface area contributed by atoms with E-state index in [2.05, 4.69) is 20.3 Å². The Labute approximate surface area is 128 Å². The molecule has 0 saturated carbocycles. The molecular weight excluding hydrogens is 279 g/mol. The second-order valence-corrected chi connectivity index (χ2v) is 4.81. The smallest absolute Gasteiger partial charge is 0.223 e. The van der Waals surface area contributed by atoms with Crippen molar-refractivity contribution < 1.29 is 4.39 Å². The molecule has 22 heavy (non-hydrogen) atoms. The van der Waals surface area contributed by atoms with Crippen LogP contribution in [0.3, 0.4) is 0 Å². The standard InChI is InChI=1S/C17H15FN4/c18-15-5-3-13(4-6-15)7-10-20-17-21-11-8-16(22-17)14-2-1-9-19-12-14/h1-6,8-9,11-12H,7,10H2,(H,20,21,22). The van der Waals surface area contributed by atoms with E-state index in [1.165, 1.54) is 12.1 Å². The highest BCUT2D eigenvalue weighted by Crippen LogP contribution is 2.15. The van der Waals surface area contributed by atoms with Gasteiger partial charge in [-0.1, -0.05) is 12.1 Å². The number of aromatic nitrogens is 3. The molecule has 0 radical (unpaired) electrons. The maximum Gasteiger partial charge on any atom is 0.223 e. The Morgan fingerprint density at radius 1 is 1.00 bits per heavy atom. The minimum atomic E-state index is -0.218. The predicted molar refractivity (Wildman–Crippen MR) is 83.9 cm³/mol. The molecule has 110 valence electrons. The molecule has 0 aliphatic rings. The first kappa shape index (κ1) is 14.1. The molecule has 3 aromatic rings. The van der Waals surface area contributed by atoms with Crippen LogP contribution < -0.4 is 5.32 Å². The number of benzene rings is 1. The summed E-state index contributed by atoms with van der Waals surface area (Å²) in [5, 5.41) is 3.18. The van der Waals surface area contributed by atoms with Gasteiger partial charge in [-0.05, 0) is 42.3 Å². The molecule has 0 atom stereocenters. The normalized spacial score (nSPS) is 10.4. The van der Waals surface area contributed by atoms with Crippen LogP contribution in [0.1, 0.15) is 5.56 Å². The summed E-state index contributed by atoms with van der Waals surface area (Å²) in [4.78, 5) is 12.8. The average molecular weight is 294 g/mol. The van der Waals surface area contributed by atoms with Gasteiger partial charge in [-0.15, -0.1) is 0 Å². The fourth-order valence-corrected chi connectivity index (χ4v) is 2.09. The van der Waals surface area contributed by atoms with E-state index in [1.54, 1.807) is 30.7 Å². The van der Waals surface area contributed by atoms with E-state index in [0.29, 0.717) is 12.5 Å². The lowest BCUT2D eigenvalue weighted by Crippen LogP contribution is -2.08. The Hall–Kier alpha value is -2.82. The highest BCUT2D eigenvalue weighted by molar-refractivity contribution is 5.58. The Bertz CT molecular complexity index is 729. The number of nitrogens with one attached hydrogen (secondary N) is 1. The van der Waals surface area contributed by atoms with Crippen LogP contribution in [-0.2, 0) is 6.42 Å². The topological polar surface area (TPSA) is 50.7 Å². The molecule has 0 aliphatic heterocycles. The highest BCUT2D eigenvalue weighted by atomic mass is 19.1. The van der Waals surface area contributed by atoms with Crippen LogP contribution in [0.25, 0.3) is 11.3 Å². The van der Waals surface area contributed by atoms with Gasteiger partial charge in [0, 0.05) is 30.7 Å². The van der Waals surface area contributed by atoms with Crippen LogP contribution in [0.2, 0.25) is 0 Å². The molecule has 5 heteroatoms. The number of nitrogens with zero attached hydrogens (tertiary/aromatic N) is 3. The summed E-state index contributed by atoms with van der Waals surface area (Å²) in [7, 11) is 0. The summed E-state index contributed by atoms with van der Waals surface area (Å²) in [5.41, 5.74) is 2.84. The molecule has 1 aromatic carbocycles. The van der Waals surface area contributed by atoms with Gasteiger partial charge in [0.25, 0.3) is 0 Å². The van der Waals surface area contributed by atoms with Crippen molar-refractivity contribution >= 4 is 5.95 Å². The first-order valence-corrected chi connectivity index (χ1v) is 7.03. The SMILES string of the molecule is Fc1ccc(CCNc2nccc(-c3cccnc3)n2)cc1. The first-order chi connectivity index (χ1) is 10.8. The van der Waals surface area contributed by atoms with E-state index in [9.17, 15) is 4.39 Å². The van der Waals surface area contributed by atoms with Gasteiger partial charge in [-0.2, -0.15) is 0 Å². The van der Waals surface area contributed by atoms with Gasteiger partial charge >= 0.3 is 0 Å². The van der Waals surface area contributed by atoms with Crippen molar-refractivity contribution in [1.29, 1.82) is 0 Å². The van der Waals surface area contributed by atoms with Gasteiger partial charge in [0.2, 0.25) is 5.95 Å². The third-order valence-corrected chi connectivity index (χ3v) is 3.22. The lowest BCUT2D eigenvalue weighted by atomic mass is 10.1. The van der Waals surface area contributed by atoms with E-state index in [-0.39, 0.29) is 5.82 Å². The van der Waals surface area contributed by atoms with Gasteiger partial charge < -0.3 is 5.32 Å². The zero-order chi connectivity index (χ0) is 15.2. The van der Waals surface area contributed by atoms with Crippen molar-refractivity contribution in [2.24, 2.45) is 0 Å². The summed E-state index contributed by atoms with van der Waals surface area (Å²) in [5.74, 6) is 0.354. The molecule has 0 amide bonds. The van der Waals surface area contributed by atoms with Crippen LogP contribution in [-0.4, -0.2) is 21.5 Å². The second-order valence-electron chi connectivity index (χ2n) is 4.81. The Morgan fingerprint density at radius 3 is 2.64 bits per heavy atom. The number of pyridine rings is 1. The molecule has 3 rings (SSSR count). The number of rotatable bonds is 5. The molecule has 0 bridgehead atoms. The first-order valence-electron chi connectivity index (χ1n) is 7.03.